The molecule has 154 valence electrons. The molecule has 0 saturated heterocycles. The third-order valence-corrected chi connectivity index (χ3v) is 4.55. The van der Waals surface area contributed by atoms with E-state index in [1.54, 1.807) is 17.6 Å². The number of anilines is 1. The number of aryl methyl sites for hydroxylation is 1. The fraction of sp³-hybridized carbons (Fsp3) is 0.167. The highest BCUT2D eigenvalue weighted by Crippen LogP contribution is 2.27. The predicted octanol–water partition coefficient (Wildman–Crippen LogP) is 1.70. The van der Waals surface area contributed by atoms with E-state index in [9.17, 15) is 12.8 Å². The van der Waals surface area contributed by atoms with Crippen LogP contribution in [0, 0.1) is 12.7 Å². The molecule has 0 spiro atoms. The number of imidazole rings is 1. The number of aromatic nitrogens is 6. The molecule has 0 amide bonds. The molecule has 4 heterocycles. The first-order valence-corrected chi connectivity index (χ1v) is 10.5. The second-order valence-corrected chi connectivity index (χ2v) is 8.11. The highest BCUT2D eigenvalue weighted by molar-refractivity contribution is 7.86. The third kappa shape index (κ3) is 4.03. The first-order chi connectivity index (χ1) is 14.2. The van der Waals surface area contributed by atoms with Crippen LogP contribution in [-0.2, 0) is 16.7 Å². The minimum absolute atomic E-state index is 0.0475. The van der Waals surface area contributed by atoms with Crippen molar-refractivity contribution in [3.63, 3.8) is 0 Å². The highest BCUT2D eigenvalue weighted by Gasteiger charge is 2.18. The second kappa shape index (κ2) is 7.30. The molecule has 0 unspecified atom stereocenters. The Morgan fingerprint density at radius 1 is 1.17 bits per heavy atom. The highest BCUT2D eigenvalue weighted by atomic mass is 32.2. The van der Waals surface area contributed by atoms with Gasteiger partial charge in [-0.3, -0.25) is 4.98 Å². The Kier molecular flexibility index (Phi) is 4.78. The lowest BCUT2D eigenvalue weighted by molar-refractivity contribution is 0.482. The molecule has 0 bridgehead atoms. The van der Waals surface area contributed by atoms with E-state index in [2.05, 4.69) is 24.9 Å². The molecule has 0 aliphatic carbocycles. The van der Waals surface area contributed by atoms with Gasteiger partial charge in [-0.25, -0.2) is 24.3 Å². The van der Waals surface area contributed by atoms with Gasteiger partial charge >= 0.3 is 10.1 Å². The van der Waals surface area contributed by atoms with Crippen LogP contribution in [0.1, 0.15) is 11.4 Å². The Bertz CT molecular complexity index is 1350. The molecule has 4 aromatic rings. The van der Waals surface area contributed by atoms with Crippen molar-refractivity contribution >= 4 is 27.1 Å². The molecule has 0 saturated carbocycles. The fourth-order valence-electron chi connectivity index (χ4n) is 2.93. The van der Waals surface area contributed by atoms with Crippen LogP contribution in [-0.4, -0.2) is 44.2 Å². The summed E-state index contributed by atoms with van der Waals surface area (Å²) in [7, 11) is -3.68. The van der Waals surface area contributed by atoms with Crippen LogP contribution in [0.2, 0.25) is 0 Å². The number of hydrogen-bond donors (Lipinski definition) is 1. The smallest absolute Gasteiger partial charge is 0.307 e. The Hall–Kier alpha value is -3.67. The van der Waals surface area contributed by atoms with Gasteiger partial charge < -0.3 is 14.5 Å². The van der Waals surface area contributed by atoms with Gasteiger partial charge in [-0.05, 0) is 18.6 Å². The van der Waals surface area contributed by atoms with E-state index in [0.717, 1.165) is 12.5 Å². The summed E-state index contributed by atoms with van der Waals surface area (Å²) in [4.78, 5) is 21.0. The molecule has 0 aromatic carbocycles. The minimum Gasteiger partial charge on any atom is -0.382 e. The first-order valence-electron chi connectivity index (χ1n) is 8.65. The number of nitrogens with zero attached hydrogens (tertiary/aromatic N) is 6. The number of fused-ring (bicyclic) bond motifs is 1. The lowest BCUT2D eigenvalue weighted by Gasteiger charge is -2.10. The van der Waals surface area contributed by atoms with Crippen LogP contribution in [0.5, 0.6) is 5.88 Å². The van der Waals surface area contributed by atoms with Crippen LogP contribution < -0.4 is 9.92 Å². The summed E-state index contributed by atoms with van der Waals surface area (Å²) in [5.41, 5.74) is 8.01. The van der Waals surface area contributed by atoms with E-state index in [1.807, 2.05) is 0 Å². The molecule has 0 aliphatic rings. The molecule has 0 aliphatic heterocycles. The first kappa shape index (κ1) is 19.6. The van der Waals surface area contributed by atoms with Gasteiger partial charge in [-0.1, -0.05) is 6.07 Å². The molecule has 12 heteroatoms. The summed E-state index contributed by atoms with van der Waals surface area (Å²) in [5.74, 6) is 0.510. The summed E-state index contributed by atoms with van der Waals surface area (Å²) in [6.45, 7) is 1.96. The van der Waals surface area contributed by atoms with Gasteiger partial charge in [-0.2, -0.15) is 8.42 Å². The summed E-state index contributed by atoms with van der Waals surface area (Å²) < 4.78 is 42.7. The second-order valence-electron chi connectivity index (χ2n) is 6.53. The van der Waals surface area contributed by atoms with E-state index >= 15 is 0 Å². The molecule has 2 N–H and O–H groups in total. The van der Waals surface area contributed by atoms with Gasteiger partial charge in [0.2, 0.25) is 5.88 Å². The van der Waals surface area contributed by atoms with Crippen molar-refractivity contribution in [2.45, 2.75) is 13.5 Å². The third-order valence-electron chi connectivity index (χ3n) is 4.07. The van der Waals surface area contributed by atoms with Gasteiger partial charge in [0.05, 0.1) is 19.0 Å². The molecule has 4 aromatic heterocycles. The number of halogens is 1. The minimum atomic E-state index is -3.68. The van der Waals surface area contributed by atoms with Gasteiger partial charge in [0.1, 0.15) is 17.5 Å². The number of nitrogen functional groups attached to an aromatic ring is 1. The molecular formula is C18H16FN7O3S. The normalized spacial score (nSPS) is 11.7. The molecule has 30 heavy (non-hydrogen) atoms. The zero-order valence-corrected chi connectivity index (χ0v) is 16.8. The van der Waals surface area contributed by atoms with Gasteiger partial charge in [0.15, 0.2) is 17.0 Å². The van der Waals surface area contributed by atoms with Crippen molar-refractivity contribution in [1.82, 2.24) is 29.5 Å². The van der Waals surface area contributed by atoms with Crippen LogP contribution >= 0.6 is 0 Å². The lowest BCUT2D eigenvalue weighted by Crippen LogP contribution is -2.08. The van der Waals surface area contributed by atoms with E-state index in [-0.39, 0.29) is 18.2 Å². The molecule has 0 fully saturated rings. The molecule has 0 atom stereocenters. The number of rotatable bonds is 5. The van der Waals surface area contributed by atoms with Gasteiger partial charge in [0, 0.05) is 24.0 Å². The average Bonchev–Trinajstić information content (AvgIpc) is 3.01. The van der Waals surface area contributed by atoms with E-state index in [4.69, 9.17) is 9.92 Å². The standard InChI is InChI=1S/C18H16FN7O3S/c1-10-23-16(20)15-18(24-10)26(17(25-15)12-5-13(19)8-21-7-12)9-11-3-4-14(22-6-11)29-30(2,27)28/h3-8H,9H2,1-2H3,(H2,20,23,24). The topological polar surface area (TPSA) is 139 Å². The van der Waals surface area contributed by atoms with Crippen molar-refractivity contribution in [2.24, 2.45) is 0 Å². The number of pyridine rings is 2. The van der Waals surface area contributed by atoms with Gasteiger partial charge in [0.25, 0.3) is 0 Å². The quantitative estimate of drug-likeness (QED) is 0.470. The van der Waals surface area contributed by atoms with Crippen molar-refractivity contribution in [2.75, 3.05) is 12.0 Å². The number of nitrogens with two attached hydrogens (primary N) is 1. The van der Waals surface area contributed by atoms with Crippen molar-refractivity contribution < 1.29 is 17.0 Å². The van der Waals surface area contributed by atoms with Crippen LogP contribution in [0.4, 0.5) is 10.2 Å². The van der Waals surface area contributed by atoms with Crippen LogP contribution in [0.15, 0.2) is 36.8 Å². The van der Waals surface area contributed by atoms with E-state index in [0.29, 0.717) is 33.9 Å². The predicted molar refractivity (Wildman–Crippen MR) is 106 cm³/mol. The zero-order chi connectivity index (χ0) is 21.5. The van der Waals surface area contributed by atoms with E-state index in [1.165, 1.54) is 24.5 Å². The van der Waals surface area contributed by atoms with E-state index < -0.39 is 15.9 Å². The fourth-order valence-corrected chi connectivity index (χ4v) is 3.34. The summed E-state index contributed by atoms with van der Waals surface area (Å²) in [6, 6.07) is 4.40. The summed E-state index contributed by atoms with van der Waals surface area (Å²) >= 11 is 0. The zero-order valence-electron chi connectivity index (χ0n) is 15.9. The Morgan fingerprint density at radius 2 is 1.97 bits per heavy atom. The van der Waals surface area contributed by atoms with Crippen LogP contribution in [0.25, 0.3) is 22.6 Å². The number of hydrogen-bond acceptors (Lipinski definition) is 9. The molecule has 4 rings (SSSR count). The maximum atomic E-state index is 13.8. The van der Waals surface area contributed by atoms with Crippen molar-refractivity contribution in [3.05, 3.63) is 54.0 Å². The molecular weight excluding hydrogens is 413 g/mol. The van der Waals surface area contributed by atoms with Crippen molar-refractivity contribution in [1.29, 1.82) is 0 Å². The molecule has 10 nitrogen and oxygen atoms in total. The Labute approximate surface area is 170 Å². The Balaban J connectivity index is 1.81. The lowest BCUT2D eigenvalue weighted by atomic mass is 10.2. The van der Waals surface area contributed by atoms with Gasteiger partial charge in [-0.15, -0.1) is 0 Å². The monoisotopic (exact) mass is 429 g/mol. The Morgan fingerprint density at radius 3 is 2.63 bits per heavy atom. The summed E-state index contributed by atoms with van der Waals surface area (Å²) in [5, 5.41) is 0. The maximum absolute atomic E-state index is 13.8. The largest absolute Gasteiger partial charge is 0.382 e. The average molecular weight is 429 g/mol. The maximum Gasteiger partial charge on any atom is 0.307 e. The molecule has 0 radical (unpaired) electrons. The van der Waals surface area contributed by atoms with Crippen LogP contribution in [0.3, 0.4) is 0 Å². The SMILES string of the molecule is Cc1nc(N)c2nc(-c3cncc(F)c3)n(Cc3ccc(OS(C)(=O)=O)nc3)c2n1. The van der Waals surface area contributed by atoms with Crippen molar-refractivity contribution in [3.8, 4) is 17.3 Å². The summed E-state index contributed by atoms with van der Waals surface area (Å²) in [6.07, 6.45) is 4.99.